The van der Waals surface area contributed by atoms with Crippen molar-refractivity contribution < 1.29 is 14.6 Å². The van der Waals surface area contributed by atoms with Gasteiger partial charge in [0.15, 0.2) is 0 Å². The molecule has 0 bridgehead atoms. The predicted molar refractivity (Wildman–Crippen MR) is 76.6 cm³/mol. The van der Waals surface area contributed by atoms with Crippen LogP contribution in [0.3, 0.4) is 0 Å². The van der Waals surface area contributed by atoms with Gasteiger partial charge in [-0.25, -0.2) is 0 Å². The summed E-state index contributed by atoms with van der Waals surface area (Å²) in [5, 5.41) is 11.7. The molecule has 110 valence electrons. The Morgan fingerprint density at radius 2 is 2.20 bits per heavy atom. The van der Waals surface area contributed by atoms with Gasteiger partial charge in [0.05, 0.1) is 13.7 Å². The number of nitrogens with two attached hydrogens (primary N) is 1. The van der Waals surface area contributed by atoms with Crippen LogP contribution in [0.4, 0.5) is 0 Å². The van der Waals surface area contributed by atoms with Crippen LogP contribution in [0, 0.1) is 0 Å². The smallest absolute Gasteiger partial charge is 0.239 e. The van der Waals surface area contributed by atoms with Crippen LogP contribution in [0.2, 0.25) is 0 Å². The van der Waals surface area contributed by atoms with Gasteiger partial charge in [-0.2, -0.15) is 0 Å². The van der Waals surface area contributed by atoms with Crippen molar-refractivity contribution in [3.05, 3.63) is 29.8 Å². The van der Waals surface area contributed by atoms with Crippen LogP contribution in [-0.2, 0) is 10.2 Å². The van der Waals surface area contributed by atoms with Crippen LogP contribution in [0.25, 0.3) is 0 Å². The van der Waals surface area contributed by atoms with Gasteiger partial charge in [0.25, 0.3) is 0 Å². The third kappa shape index (κ3) is 2.78. The van der Waals surface area contributed by atoms with Gasteiger partial charge in [-0.15, -0.1) is 0 Å². The Balaban J connectivity index is 2.12. The summed E-state index contributed by atoms with van der Waals surface area (Å²) < 4.78 is 5.43. The Morgan fingerprint density at radius 3 is 2.75 bits per heavy atom. The normalized spacial score (nSPS) is 17.9. The fourth-order valence-corrected chi connectivity index (χ4v) is 2.70. The lowest BCUT2D eigenvalue weighted by Gasteiger charge is -2.43. The molecule has 2 rings (SSSR count). The van der Waals surface area contributed by atoms with Crippen LogP contribution < -0.4 is 15.8 Å². The molecule has 1 unspecified atom stereocenters. The minimum atomic E-state index is -0.857. The molecule has 20 heavy (non-hydrogen) atoms. The second-order valence-electron chi connectivity index (χ2n) is 5.34. The van der Waals surface area contributed by atoms with Crippen LogP contribution in [0.1, 0.15) is 24.8 Å². The minimum absolute atomic E-state index is 0.0720. The van der Waals surface area contributed by atoms with E-state index in [4.69, 9.17) is 15.6 Å². The van der Waals surface area contributed by atoms with Crippen LogP contribution in [-0.4, -0.2) is 37.3 Å². The van der Waals surface area contributed by atoms with E-state index in [1.807, 2.05) is 18.2 Å². The Morgan fingerprint density at radius 1 is 1.50 bits per heavy atom. The Kier molecular flexibility index (Phi) is 4.62. The first kappa shape index (κ1) is 14.8. The summed E-state index contributed by atoms with van der Waals surface area (Å²) in [5.74, 6) is 0.543. The highest BCUT2D eigenvalue weighted by atomic mass is 16.5. The highest BCUT2D eigenvalue weighted by molar-refractivity contribution is 5.81. The van der Waals surface area contributed by atoms with E-state index in [2.05, 4.69) is 11.4 Å². The number of aliphatic hydroxyl groups is 1. The van der Waals surface area contributed by atoms with Crippen molar-refractivity contribution in [3.8, 4) is 5.75 Å². The Labute approximate surface area is 119 Å². The van der Waals surface area contributed by atoms with Crippen LogP contribution in [0.5, 0.6) is 5.75 Å². The molecule has 4 N–H and O–H groups in total. The maximum absolute atomic E-state index is 11.7. The first-order valence-corrected chi connectivity index (χ1v) is 6.90. The third-order valence-electron chi connectivity index (χ3n) is 4.12. The van der Waals surface area contributed by atoms with Crippen LogP contribution in [0.15, 0.2) is 24.3 Å². The molecule has 1 aliphatic rings. The number of amides is 1. The first-order valence-electron chi connectivity index (χ1n) is 6.90. The number of nitrogens with one attached hydrogen (secondary N) is 1. The zero-order valence-corrected chi connectivity index (χ0v) is 11.8. The van der Waals surface area contributed by atoms with E-state index in [1.54, 1.807) is 7.11 Å². The molecule has 0 radical (unpaired) electrons. The van der Waals surface area contributed by atoms with Crippen molar-refractivity contribution in [2.24, 2.45) is 5.73 Å². The number of hydrogen-bond acceptors (Lipinski definition) is 4. The number of hydrogen-bond donors (Lipinski definition) is 3. The fraction of sp³-hybridized carbons (Fsp3) is 0.533. The van der Waals surface area contributed by atoms with Gasteiger partial charge in [0.1, 0.15) is 11.8 Å². The van der Waals surface area contributed by atoms with Gasteiger partial charge in [-0.3, -0.25) is 4.79 Å². The zero-order valence-electron chi connectivity index (χ0n) is 11.8. The lowest BCUT2D eigenvalue weighted by molar-refractivity contribution is -0.123. The largest absolute Gasteiger partial charge is 0.496 e. The highest BCUT2D eigenvalue weighted by Gasteiger charge is 2.41. The van der Waals surface area contributed by atoms with Crippen molar-refractivity contribution in [2.75, 3.05) is 20.3 Å². The van der Waals surface area contributed by atoms with E-state index in [-0.39, 0.29) is 17.9 Å². The van der Waals surface area contributed by atoms with E-state index in [1.165, 1.54) is 0 Å². The third-order valence-corrected chi connectivity index (χ3v) is 4.12. The van der Waals surface area contributed by atoms with E-state index in [0.29, 0.717) is 6.54 Å². The van der Waals surface area contributed by atoms with Crippen molar-refractivity contribution >= 4 is 5.91 Å². The summed E-state index contributed by atoms with van der Waals surface area (Å²) in [7, 11) is 1.66. The predicted octanol–water partition coefficient (Wildman–Crippen LogP) is 0.553. The summed E-state index contributed by atoms with van der Waals surface area (Å²) in [6.07, 6.45) is 3.17. The molecule has 1 aromatic rings. The number of ether oxygens (including phenoxy) is 1. The molecule has 0 heterocycles. The molecular weight excluding hydrogens is 256 g/mol. The molecule has 0 saturated heterocycles. The Hall–Kier alpha value is -1.59. The van der Waals surface area contributed by atoms with Gasteiger partial charge in [-0.1, -0.05) is 24.6 Å². The number of carbonyl (C=O) groups excluding carboxylic acids is 1. The zero-order chi connectivity index (χ0) is 14.6. The van der Waals surface area contributed by atoms with Gasteiger partial charge in [-0.05, 0) is 18.9 Å². The lowest BCUT2D eigenvalue weighted by atomic mass is 9.64. The molecule has 1 amide bonds. The number of benzene rings is 1. The van der Waals surface area contributed by atoms with E-state index in [9.17, 15) is 4.79 Å². The molecule has 1 atom stereocenters. The Bertz CT molecular complexity index is 472. The molecule has 0 aromatic heterocycles. The van der Waals surface area contributed by atoms with Gasteiger partial charge < -0.3 is 20.9 Å². The number of methoxy groups -OCH3 is 1. The number of rotatable bonds is 6. The number of aliphatic hydroxyl groups excluding tert-OH is 1. The monoisotopic (exact) mass is 278 g/mol. The van der Waals surface area contributed by atoms with Crippen molar-refractivity contribution in [2.45, 2.75) is 30.7 Å². The van der Waals surface area contributed by atoms with Crippen LogP contribution >= 0.6 is 0 Å². The molecule has 0 aliphatic heterocycles. The van der Waals surface area contributed by atoms with Crippen molar-refractivity contribution in [1.82, 2.24) is 5.32 Å². The average molecular weight is 278 g/mol. The van der Waals surface area contributed by atoms with Gasteiger partial charge in [0, 0.05) is 17.5 Å². The summed E-state index contributed by atoms with van der Waals surface area (Å²) in [6.45, 7) is 0.188. The lowest BCUT2D eigenvalue weighted by Crippen LogP contribution is -2.50. The highest BCUT2D eigenvalue weighted by Crippen LogP contribution is 2.46. The molecule has 0 spiro atoms. The van der Waals surface area contributed by atoms with Gasteiger partial charge >= 0.3 is 0 Å². The van der Waals surface area contributed by atoms with E-state index < -0.39 is 6.04 Å². The van der Waals surface area contributed by atoms with Gasteiger partial charge in [0.2, 0.25) is 5.91 Å². The van der Waals surface area contributed by atoms with Crippen molar-refractivity contribution in [3.63, 3.8) is 0 Å². The maximum Gasteiger partial charge on any atom is 0.239 e. The summed E-state index contributed by atoms with van der Waals surface area (Å²) in [4.78, 5) is 11.7. The summed E-state index contributed by atoms with van der Waals surface area (Å²) in [6, 6.07) is 7.06. The minimum Gasteiger partial charge on any atom is -0.496 e. The summed E-state index contributed by atoms with van der Waals surface area (Å²) in [5.41, 5.74) is 6.57. The molecular formula is C15H22N2O3. The van der Waals surface area contributed by atoms with E-state index in [0.717, 1.165) is 30.6 Å². The van der Waals surface area contributed by atoms with E-state index >= 15 is 0 Å². The first-order chi connectivity index (χ1) is 9.63. The maximum atomic E-state index is 11.7. The standard InChI is InChI=1S/C15H22N2O3/c1-20-13-6-3-2-5-11(13)15(7-4-8-15)10-17-14(19)12(16)9-18/h2-3,5-6,12,18H,4,7-10,16H2,1H3,(H,17,19). The second-order valence-corrected chi connectivity index (χ2v) is 5.34. The number of carbonyl (C=O) groups is 1. The molecule has 5 heteroatoms. The van der Waals surface area contributed by atoms with Crippen molar-refractivity contribution in [1.29, 1.82) is 0 Å². The fourth-order valence-electron chi connectivity index (χ4n) is 2.70. The molecule has 1 fully saturated rings. The molecule has 1 saturated carbocycles. The second kappa shape index (κ2) is 6.24. The molecule has 1 aliphatic carbocycles. The number of para-hydroxylation sites is 1. The molecule has 1 aromatic carbocycles. The quantitative estimate of drug-likeness (QED) is 0.709. The summed E-state index contributed by atoms with van der Waals surface area (Å²) >= 11 is 0. The average Bonchev–Trinajstić information content (AvgIpc) is 2.45. The SMILES string of the molecule is COc1ccccc1C1(CNC(=O)C(N)CO)CCC1. The topological polar surface area (TPSA) is 84.6 Å². The molecule has 5 nitrogen and oxygen atoms in total.